The van der Waals surface area contributed by atoms with E-state index in [0.29, 0.717) is 25.3 Å². The van der Waals surface area contributed by atoms with Crippen molar-refractivity contribution in [3.8, 4) is 11.8 Å². The number of nitrogens with zero attached hydrogens (tertiary/aromatic N) is 4. The van der Waals surface area contributed by atoms with Crippen LogP contribution in [0.5, 0.6) is 5.75 Å². The van der Waals surface area contributed by atoms with Crippen molar-refractivity contribution >= 4 is 11.8 Å². The molecule has 0 saturated carbocycles. The molecule has 1 aromatic heterocycles. The van der Waals surface area contributed by atoms with Gasteiger partial charge >= 0.3 is 12.4 Å². The van der Waals surface area contributed by atoms with Crippen LogP contribution in [0.15, 0.2) is 73.1 Å². The lowest BCUT2D eigenvalue weighted by molar-refractivity contribution is -0.160. The van der Waals surface area contributed by atoms with Crippen molar-refractivity contribution in [2.45, 2.75) is 74.9 Å². The smallest absolute Gasteiger partial charge is 0.417 e. The van der Waals surface area contributed by atoms with E-state index >= 15 is 0 Å². The maximum atomic E-state index is 14.8. The largest absolute Gasteiger partial charge is 0.475 e. The lowest BCUT2D eigenvalue weighted by Crippen LogP contribution is -2.68. The second-order valence-corrected chi connectivity index (χ2v) is 12.2. The second kappa shape index (κ2) is 13.5. The highest BCUT2D eigenvalue weighted by Crippen LogP contribution is 2.42. The van der Waals surface area contributed by atoms with Gasteiger partial charge in [0.2, 0.25) is 5.60 Å². The molecule has 7 nitrogen and oxygen atoms in total. The summed E-state index contributed by atoms with van der Waals surface area (Å²) in [5.41, 5.74) is -4.67. The molecule has 0 N–H and O–H groups in total. The molecule has 0 radical (unpaired) electrons. The third-order valence-electron chi connectivity index (χ3n) is 9.33. The predicted molar refractivity (Wildman–Crippen MR) is 163 cm³/mol. The van der Waals surface area contributed by atoms with E-state index in [0.717, 1.165) is 42.2 Å². The minimum absolute atomic E-state index is 0.0205. The van der Waals surface area contributed by atoms with Gasteiger partial charge in [0.05, 0.1) is 34.2 Å². The van der Waals surface area contributed by atoms with Gasteiger partial charge in [-0.2, -0.15) is 31.6 Å². The number of nitriles is 1. The van der Waals surface area contributed by atoms with Crippen LogP contribution >= 0.6 is 0 Å². The van der Waals surface area contributed by atoms with Crippen LogP contribution in [0.25, 0.3) is 0 Å². The average molecular weight is 673 g/mol. The number of aromatic nitrogens is 1. The molecule has 2 aliphatic rings. The zero-order valence-corrected chi connectivity index (χ0v) is 26.2. The van der Waals surface area contributed by atoms with Crippen LogP contribution in [0.3, 0.4) is 0 Å². The number of carbonyl (C=O) groups excluding carboxylic acids is 2. The van der Waals surface area contributed by atoms with Crippen molar-refractivity contribution in [3.63, 3.8) is 0 Å². The Morgan fingerprint density at radius 1 is 0.938 bits per heavy atom. The number of ether oxygens (including phenoxy) is 1. The van der Waals surface area contributed by atoms with Gasteiger partial charge in [-0.25, -0.2) is 0 Å². The van der Waals surface area contributed by atoms with Gasteiger partial charge in [0.15, 0.2) is 0 Å². The first kappa shape index (κ1) is 34.7. The summed E-state index contributed by atoms with van der Waals surface area (Å²) in [6, 6.07) is 15.1. The number of hydrogen-bond donors (Lipinski definition) is 0. The van der Waals surface area contributed by atoms with Gasteiger partial charge in [-0.3, -0.25) is 14.6 Å². The Kier molecular flexibility index (Phi) is 9.76. The molecule has 2 fully saturated rings. The minimum Gasteiger partial charge on any atom is -0.475 e. The number of halogens is 6. The molecular weight excluding hydrogens is 638 g/mol. The topological polar surface area (TPSA) is 86.5 Å². The summed E-state index contributed by atoms with van der Waals surface area (Å²) in [4.78, 5) is 35.2. The van der Waals surface area contributed by atoms with Crippen molar-refractivity contribution in [2.75, 3.05) is 19.6 Å². The van der Waals surface area contributed by atoms with Crippen LogP contribution in [0.2, 0.25) is 0 Å². The standard InChI is InChI=1S/C35H34F6N4O3/c1-2-7-29-33(48-26-12-10-25(11-13-26)34(36,37)38,15-6-19-45(29)30(46)27-22-43-18-14-28(27)35(39,40)41)31(47)44-20-16-32(23-42,17-21-44)24-8-4-3-5-9-24/h3-5,8-14,18,22,29H,2,6-7,15-17,19-21H2,1H3/t29-,33+/m1/s1. The highest BCUT2D eigenvalue weighted by atomic mass is 19.4. The summed E-state index contributed by atoms with van der Waals surface area (Å²) in [6.45, 7) is 2.10. The Balaban J connectivity index is 1.55. The molecule has 3 aromatic rings. The number of likely N-dealkylation sites (tertiary alicyclic amines) is 2. The Hall–Kier alpha value is -4.60. The fraction of sp³-hybridized carbons (Fsp3) is 0.429. The third-order valence-corrected chi connectivity index (χ3v) is 9.33. The Bertz CT molecular complexity index is 1650. The van der Waals surface area contributed by atoms with E-state index in [-0.39, 0.29) is 44.6 Å². The van der Waals surface area contributed by atoms with Crippen molar-refractivity contribution in [3.05, 3.63) is 95.3 Å². The fourth-order valence-corrected chi connectivity index (χ4v) is 6.87. The van der Waals surface area contributed by atoms with Crippen molar-refractivity contribution in [1.82, 2.24) is 14.8 Å². The van der Waals surface area contributed by atoms with Gasteiger partial charge in [-0.1, -0.05) is 43.7 Å². The van der Waals surface area contributed by atoms with Crippen LogP contribution in [0, 0.1) is 11.3 Å². The maximum absolute atomic E-state index is 14.8. The Labute approximate surface area is 274 Å². The zero-order valence-electron chi connectivity index (χ0n) is 26.2. The molecule has 2 aromatic carbocycles. The number of benzene rings is 2. The van der Waals surface area contributed by atoms with Crippen LogP contribution in [0.1, 0.15) is 72.5 Å². The molecule has 2 atom stereocenters. The molecule has 0 bridgehead atoms. The van der Waals surface area contributed by atoms with Crippen LogP contribution in [-0.2, 0) is 22.6 Å². The summed E-state index contributed by atoms with van der Waals surface area (Å²) in [5.74, 6) is -1.58. The quantitative estimate of drug-likeness (QED) is 0.244. The molecule has 2 aliphatic heterocycles. The molecule has 5 rings (SSSR count). The van der Waals surface area contributed by atoms with E-state index in [1.165, 1.54) is 9.80 Å². The van der Waals surface area contributed by atoms with Crippen LogP contribution in [0.4, 0.5) is 26.3 Å². The monoisotopic (exact) mass is 672 g/mol. The maximum Gasteiger partial charge on any atom is 0.417 e. The molecule has 254 valence electrons. The summed E-state index contributed by atoms with van der Waals surface area (Å²) in [7, 11) is 0. The van der Waals surface area contributed by atoms with Crippen molar-refractivity contribution in [2.24, 2.45) is 0 Å². The second-order valence-electron chi connectivity index (χ2n) is 12.2. The zero-order chi connectivity index (χ0) is 34.7. The van der Waals surface area contributed by atoms with E-state index in [1.807, 2.05) is 30.3 Å². The van der Waals surface area contributed by atoms with Gasteiger partial charge < -0.3 is 14.5 Å². The predicted octanol–water partition coefficient (Wildman–Crippen LogP) is 7.43. The van der Waals surface area contributed by atoms with Crippen molar-refractivity contribution in [1.29, 1.82) is 5.26 Å². The Morgan fingerprint density at radius 2 is 1.60 bits per heavy atom. The first-order valence-electron chi connectivity index (χ1n) is 15.7. The first-order valence-corrected chi connectivity index (χ1v) is 15.7. The molecule has 3 heterocycles. The van der Waals surface area contributed by atoms with E-state index in [1.54, 1.807) is 6.92 Å². The Morgan fingerprint density at radius 3 is 2.19 bits per heavy atom. The summed E-state index contributed by atoms with van der Waals surface area (Å²) in [6.07, 6.45) is -6.32. The van der Waals surface area contributed by atoms with E-state index in [9.17, 15) is 41.2 Å². The molecule has 0 spiro atoms. The minimum atomic E-state index is -4.85. The third kappa shape index (κ3) is 6.70. The molecular formula is C35H34F6N4O3. The number of alkyl halides is 6. The number of rotatable bonds is 7. The van der Waals surface area contributed by atoms with Crippen LogP contribution < -0.4 is 4.74 Å². The van der Waals surface area contributed by atoms with E-state index in [4.69, 9.17) is 4.74 Å². The molecule has 2 amide bonds. The molecule has 48 heavy (non-hydrogen) atoms. The van der Waals surface area contributed by atoms with Gasteiger partial charge in [-0.05, 0) is 61.6 Å². The lowest BCUT2D eigenvalue weighted by atomic mass is 9.73. The number of piperidine rings is 2. The lowest BCUT2D eigenvalue weighted by Gasteiger charge is -2.51. The molecule has 13 heteroatoms. The van der Waals surface area contributed by atoms with Crippen LogP contribution in [-0.4, -0.2) is 57.9 Å². The van der Waals surface area contributed by atoms with Gasteiger partial charge in [-0.15, -0.1) is 0 Å². The summed E-state index contributed by atoms with van der Waals surface area (Å²) in [5, 5.41) is 10.2. The summed E-state index contributed by atoms with van der Waals surface area (Å²) >= 11 is 0. The summed E-state index contributed by atoms with van der Waals surface area (Å²) < 4.78 is 88.4. The van der Waals surface area contributed by atoms with E-state index in [2.05, 4.69) is 11.1 Å². The number of hydrogen-bond acceptors (Lipinski definition) is 5. The fourth-order valence-electron chi connectivity index (χ4n) is 6.87. The average Bonchev–Trinajstić information content (AvgIpc) is 3.08. The van der Waals surface area contributed by atoms with E-state index < -0.39 is 57.9 Å². The van der Waals surface area contributed by atoms with Gasteiger partial charge in [0, 0.05) is 38.4 Å². The first-order chi connectivity index (χ1) is 22.8. The van der Waals surface area contributed by atoms with Crippen molar-refractivity contribution < 1.29 is 40.7 Å². The van der Waals surface area contributed by atoms with Gasteiger partial charge in [0.1, 0.15) is 5.75 Å². The number of pyridine rings is 1. The van der Waals surface area contributed by atoms with Gasteiger partial charge in [0.25, 0.3) is 11.8 Å². The molecule has 0 unspecified atom stereocenters. The molecule has 0 aliphatic carbocycles. The molecule has 2 saturated heterocycles. The highest BCUT2D eigenvalue weighted by Gasteiger charge is 2.56. The highest BCUT2D eigenvalue weighted by molar-refractivity contribution is 5.97. The SMILES string of the molecule is CCC[C@H]1N(C(=O)c2cnccc2C(F)(F)F)CCC[C@@]1(Oc1ccc(C(F)(F)F)cc1)C(=O)N1CCC(C#N)(c2ccccc2)CC1. The number of amides is 2. The normalized spacial score (nSPS) is 21.3. The number of carbonyl (C=O) groups is 2.